The van der Waals surface area contributed by atoms with Crippen LogP contribution in [0.3, 0.4) is 0 Å². The molecule has 16 rings (SSSR count). The van der Waals surface area contributed by atoms with Crippen LogP contribution in [0.2, 0.25) is 0 Å². The molecule has 0 spiro atoms. The molecule has 6 aromatic heterocycles. The normalized spacial score (nSPS) is 12.4. The molecule has 0 radical (unpaired) electrons. The van der Waals surface area contributed by atoms with Gasteiger partial charge in [0.1, 0.15) is 16.7 Å². The van der Waals surface area contributed by atoms with E-state index in [1.807, 2.05) is 12.1 Å². The second kappa shape index (κ2) is 15.2. The lowest BCUT2D eigenvalue weighted by molar-refractivity contribution is 0.644. The van der Waals surface area contributed by atoms with E-state index >= 15 is 0 Å². The topological polar surface area (TPSA) is 54.2 Å². The van der Waals surface area contributed by atoms with E-state index in [0.29, 0.717) is 0 Å². The molecule has 7 heteroatoms. The number of hydrogen-bond donors (Lipinski definition) is 0. The van der Waals surface area contributed by atoms with Crippen molar-refractivity contribution in [1.29, 1.82) is 0 Å². The molecule has 0 aliphatic heterocycles. The van der Waals surface area contributed by atoms with Crippen molar-refractivity contribution in [3.8, 4) is 17.1 Å². The number of para-hydroxylation sites is 5. The van der Waals surface area contributed by atoms with Gasteiger partial charge in [0, 0.05) is 49.4 Å². The fraction of sp³-hybridized carbons (Fsp3) is 0. The Balaban J connectivity index is 0.950. The predicted octanol–water partition coefficient (Wildman–Crippen LogP) is 14.6. The fourth-order valence-electron chi connectivity index (χ4n) is 12.4. The fourth-order valence-corrected chi connectivity index (χ4v) is 17.2. The number of hydrogen-bond acceptors (Lipinski definition) is 3. The van der Waals surface area contributed by atoms with Gasteiger partial charge in [0.15, 0.2) is 8.07 Å². The number of benzene rings is 10. The average molecular weight is 952 g/mol. The van der Waals surface area contributed by atoms with Gasteiger partial charge in [-0.3, -0.25) is 13.7 Å². The number of furan rings is 3. The summed E-state index contributed by atoms with van der Waals surface area (Å²) in [5, 5.41) is 15.1. The third-order valence-corrected chi connectivity index (χ3v) is 20.2. The monoisotopic (exact) mass is 951 g/mol. The number of aromatic nitrogens is 3. The van der Waals surface area contributed by atoms with Crippen molar-refractivity contribution in [2.75, 3.05) is 0 Å². The maximum absolute atomic E-state index is 7.00. The first-order chi connectivity index (χ1) is 36.2. The molecule has 0 amide bonds. The van der Waals surface area contributed by atoms with Gasteiger partial charge in [-0.15, -0.1) is 0 Å². The largest absolute Gasteiger partial charge is 0.439 e. The molecule has 0 atom stereocenters. The van der Waals surface area contributed by atoms with E-state index in [1.165, 1.54) is 26.1 Å². The van der Waals surface area contributed by atoms with Crippen LogP contribution in [0, 0.1) is 0 Å². The molecule has 0 aliphatic carbocycles. The van der Waals surface area contributed by atoms with Crippen LogP contribution in [0.15, 0.2) is 262 Å². The summed E-state index contributed by atoms with van der Waals surface area (Å²) in [7, 11) is -3.13. The van der Waals surface area contributed by atoms with Crippen LogP contribution in [-0.4, -0.2) is 21.8 Å². The molecule has 0 saturated heterocycles. The molecule has 73 heavy (non-hydrogen) atoms. The second-order valence-electron chi connectivity index (χ2n) is 19.2. The molecule has 0 saturated carbocycles. The van der Waals surface area contributed by atoms with Gasteiger partial charge >= 0.3 is 0 Å². The molecular formula is C66H41N3O3Si. The SMILES string of the molecule is c1ccc([Si](c2ccccc2)(c2cccc(-n3c4ccccc4c4c5ccccc5oc43)c2)c2cccc(-n3c4ccc(-n5c6ccccc6c6c7ccccc7oc65)cc4c4c5ccccc5oc43)c2)cc1. The van der Waals surface area contributed by atoms with Crippen molar-refractivity contribution in [3.05, 3.63) is 249 Å². The molecule has 6 nitrogen and oxygen atoms in total. The second-order valence-corrected chi connectivity index (χ2v) is 23.0. The predicted molar refractivity (Wildman–Crippen MR) is 302 cm³/mol. The van der Waals surface area contributed by atoms with Gasteiger partial charge in [-0.25, -0.2) is 0 Å². The van der Waals surface area contributed by atoms with Crippen molar-refractivity contribution in [1.82, 2.24) is 13.7 Å². The van der Waals surface area contributed by atoms with Crippen molar-refractivity contribution >= 4 is 128 Å². The summed E-state index contributed by atoms with van der Waals surface area (Å²) >= 11 is 0. The van der Waals surface area contributed by atoms with Gasteiger partial charge in [-0.2, -0.15) is 0 Å². The summed E-state index contributed by atoms with van der Waals surface area (Å²) < 4.78 is 27.4. The zero-order valence-electron chi connectivity index (χ0n) is 39.2. The summed E-state index contributed by atoms with van der Waals surface area (Å²) in [5.74, 6) is 0. The quantitative estimate of drug-likeness (QED) is 0.118. The molecule has 0 N–H and O–H groups in total. The lowest BCUT2D eigenvalue weighted by Crippen LogP contribution is -2.74. The lowest BCUT2D eigenvalue weighted by atomic mass is 10.1. The third-order valence-electron chi connectivity index (χ3n) is 15.4. The summed E-state index contributed by atoms with van der Waals surface area (Å²) in [6.07, 6.45) is 0. The van der Waals surface area contributed by atoms with Crippen LogP contribution in [0.4, 0.5) is 0 Å². The van der Waals surface area contributed by atoms with Gasteiger partial charge < -0.3 is 13.3 Å². The highest BCUT2D eigenvalue weighted by atomic mass is 28.3. The van der Waals surface area contributed by atoms with Crippen molar-refractivity contribution in [2.45, 2.75) is 0 Å². The maximum Gasteiger partial charge on any atom is 0.213 e. The van der Waals surface area contributed by atoms with Crippen LogP contribution in [0.5, 0.6) is 0 Å². The Kier molecular flexibility index (Phi) is 8.38. The number of fused-ring (bicyclic) bond motifs is 15. The lowest BCUT2D eigenvalue weighted by Gasteiger charge is -2.35. The van der Waals surface area contributed by atoms with E-state index in [1.54, 1.807) is 0 Å². The highest BCUT2D eigenvalue weighted by Gasteiger charge is 2.42. The highest BCUT2D eigenvalue weighted by Crippen LogP contribution is 2.43. The van der Waals surface area contributed by atoms with Gasteiger partial charge in [-0.05, 0) is 93.5 Å². The Bertz CT molecular complexity index is 4830. The summed E-state index contributed by atoms with van der Waals surface area (Å²) in [4.78, 5) is 0. The van der Waals surface area contributed by atoms with Gasteiger partial charge in [-0.1, -0.05) is 176 Å². The Hall–Kier alpha value is -9.56. The smallest absolute Gasteiger partial charge is 0.213 e. The zero-order valence-corrected chi connectivity index (χ0v) is 40.2. The number of nitrogens with zero attached hydrogens (tertiary/aromatic N) is 3. The summed E-state index contributed by atoms with van der Waals surface area (Å²) in [5.41, 5.74) is 11.4. The van der Waals surface area contributed by atoms with E-state index in [-0.39, 0.29) is 0 Å². The van der Waals surface area contributed by atoms with Crippen LogP contribution < -0.4 is 20.7 Å². The Morgan fingerprint density at radius 3 is 1.04 bits per heavy atom. The molecule has 6 heterocycles. The summed E-state index contributed by atoms with van der Waals surface area (Å²) in [6.45, 7) is 0. The molecule has 16 aromatic rings. The Morgan fingerprint density at radius 1 is 0.247 bits per heavy atom. The van der Waals surface area contributed by atoms with Gasteiger partial charge in [0.05, 0.1) is 32.7 Å². The highest BCUT2D eigenvalue weighted by molar-refractivity contribution is 7.20. The van der Waals surface area contributed by atoms with E-state index in [0.717, 1.165) is 111 Å². The first-order valence-corrected chi connectivity index (χ1v) is 26.8. The van der Waals surface area contributed by atoms with Crippen LogP contribution in [0.25, 0.3) is 116 Å². The molecule has 0 bridgehead atoms. The van der Waals surface area contributed by atoms with E-state index in [2.05, 4.69) is 250 Å². The molecule has 0 fully saturated rings. The van der Waals surface area contributed by atoms with Crippen LogP contribution in [-0.2, 0) is 0 Å². The maximum atomic E-state index is 7.00. The summed E-state index contributed by atoms with van der Waals surface area (Å²) in [6, 6.07) is 90.0. The first-order valence-electron chi connectivity index (χ1n) is 24.8. The third kappa shape index (κ3) is 5.57. The van der Waals surface area contributed by atoms with Crippen LogP contribution in [0.1, 0.15) is 0 Å². The molecule has 342 valence electrons. The van der Waals surface area contributed by atoms with E-state index in [4.69, 9.17) is 13.3 Å². The Labute approximate surface area is 418 Å². The van der Waals surface area contributed by atoms with Gasteiger partial charge in [0.2, 0.25) is 17.1 Å². The molecular weight excluding hydrogens is 911 g/mol. The first kappa shape index (κ1) is 40.2. The number of rotatable bonds is 7. The minimum atomic E-state index is -3.13. The van der Waals surface area contributed by atoms with Crippen molar-refractivity contribution < 1.29 is 13.3 Å². The molecule has 10 aromatic carbocycles. The van der Waals surface area contributed by atoms with Crippen LogP contribution >= 0.6 is 0 Å². The van der Waals surface area contributed by atoms with E-state index in [9.17, 15) is 0 Å². The zero-order chi connectivity index (χ0) is 47.8. The Morgan fingerprint density at radius 2 is 0.589 bits per heavy atom. The minimum absolute atomic E-state index is 0.805. The minimum Gasteiger partial charge on any atom is -0.439 e. The van der Waals surface area contributed by atoms with Gasteiger partial charge in [0.25, 0.3) is 0 Å². The van der Waals surface area contributed by atoms with E-state index < -0.39 is 8.07 Å². The standard InChI is InChI=1S/C66H41N3O3Si/c1-3-21-45(22-4-1)73(46-23-5-2-6-24-46,47-25-17-19-42(39-47)67-55-32-12-7-27-49(55)61-51-29-9-14-34-58(51)70-64(61)67)48-26-18-20-43(40-48)68-57-38-37-44(41-54(57)63-53-31-11-16-36-60(53)72-66(63)68)69-56-33-13-8-28-50(56)62-52-30-10-15-35-59(52)71-65(62)69/h1-41H. The van der Waals surface area contributed by atoms with Crippen molar-refractivity contribution in [2.24, 2.45) is 0 Å². The molecule has 0 aliphatic rings. The van der Waals surface area contributed by atoms with Crippen molar-refractivity contribution in [3.63, 3.8) is 0 Å². The average Bonchev–Trinajstić information content (AvgIpc) is 4.30. The molecule has 0 unspecified atom stereocenters.